The number of carbonyl (C=O) groups is 2. The summed E-state index contributed by atoms with van der Waals surface area (Å²) in [5.74, 6) is -0.567. The van der Waals surface area contributed by atoms with Crippen molar-refractivity contribution in [1.82, 2.24) is 0 Å². The van der Waals surface area contributed by atoms with Gasteiger partial charge in [-0.05, 0) is 12.8 Å². The fourth-order valence-electron chi connectivity index (χ4n) is 4.08. The highest BCUT2D eigenvalue weighted by Gasteiger charge is 2.12. The first kappa shape index (κ1) is 32.9. The molecule has 0 fully saturated rings. The number of aliphatic hydroxyl groups is 1. The Morgan fingerprint density at radius 3 is 1.06 bits per heavy atom. The Morgan fingerprint density at radius 2 is 0.765 bits per heavy atom. The lowest BCUT2D eigenvalue weighted by molar-refractivity contribution is -0.152. The normalized spacial score (nSPS) is 12.0. The number of hydrogen-bond donors (Lipinski definition) is 1. The molecule has 202 valence electrons. The van der Waals surface area contributed by atoms with Crippen molar-refractivity contribution in [2.45, 2.75) is 161 Å². The van der Waals surface area contributed by atoms with E-state index >= 15 is 0 Å². The van der Waals surface area contributed by atoms with E-state index in [0.29, 0.717) is 12.8 Å². The summed E-state index contributed by atoms with van der Waals surface area (Å²) in [4.78, 5) is 23.5. The second-order valence-electron chi connectivity index (χ2n) is 9.88. The predicted molar refractivity (Wildman–Crippen MR) is 141 cm³/mol. The van der Waals surface area contributed by atoms with Crippen molar-refractivity contribution in [2.75, 3.05) is 13.2 Å². The zero-order valence-corrected chi connectivity index (χ0v) is 22.6. The van der Waals surface area contributed by atoms with Crippen LogP contribution in [0, 0.1) is 0 Å². The van der Waals surface area contributed by atoms with E-state index in [1.54, 1.807) is 0 Å². The third-order valence-corrected chi connectivity index (χ3v) is 6.34. The van der Waals surface area contributed by atoms with E-state index in [2.05, 4.69) is 13.8 Å². The van der Waals surface area contributed by atoms with E-state index in [1.807, 2.05) is 0 Å². The molecule has 5 heteroatoms. The zero-order valence-electron chi connectivity index (χ0n) is 22.6. The van der Waals surface area contributed by atoms with Crippen molar-refractivity contribution in [1.29, 1.82) is 0 Å². The summed E-state index contributed by atoms with van der Waals surface area (Å²) in [7, 11) is 0. The highest BCUT2D eigenvalue weighted by molar-refractivity contribution is 5.69. The Labute approximate surface area is 210 Å². The van der Waals surface area contributed by atoms with E-state index in [1.165, 1.54) is 96.3 Å². The molecule has 5 nitrogen and oxygen atoms in total. The van der Waals surface area contributed by atoms with Gasteiger partial charge in [-0.25, -0.2) is 0 Å². The maximum atomic E-state index is 11.8. The highest BCUT2D eigenvalue weighted by atomic mass is 16.6. The molecule has 0 saturated heterocycles. The Bertz CT molecular complexity index is 452. The topological polar surface area (TPSA) is 72.8 Å². The summed E-state index contributed by atoms with van der Waals surface area (Å²) in [6, 6.07) is 0. The molecule has 0 rings (SSSR count). The first-order valence-electron chi connectivity index (χ1n) is 14.6. The number of unbranched alkanes of at least 4 members (excludes halogenated alkanes) is 18. The molecule has 0 amide bonds. The van der Waals surface area contributed by atoms with Crippen molar-refractivity contribution in [3.8, 4) is 0 Å². The Kier molecular flexibility index (Phi) is 25.6. The van der Waals surface area contributed by atoms with Gasteiger partial charge in [0.1, 0.15) is 19.3 Å². The molecule has 0 aliphatic rings. The fourth-order valence-corrected chi connectivity index (χ4v) is 4.08. The first-order valence-corrected chi connectivity index (χ1v) is 14.6. The molecule has 1 atom stereocenters. The van der Waals surface area contributed by atoms with E-state index in [-0.39, 0.29) is 25.2 Å². The minimum absolute atomic E-state index is 0.109. The second-order valence-corrected chi connectivity index (χ2v) is 9.88. The van der Waals surface area contributed by atoms with E-state index in [0.717, 1.165) is 32.1 Å². The van der Waals surface area contributed by atoms with Crippen molar-refractivity contribution in [3.05, 3.63) is 0 Å². The molecular weight excluding hydrogens is 428 g/mol. The largest absolute Gasteiger partial charge is 0.463 e. The molecule has 34 heavy (non-hydrogen) atoms. The molecule has 0 spiro atoms. The van der Waals surface area contributed by atoms with Crippen molar-refractivity contribution >= 4 is 11.9 Å². The molecule has 1 N–H and O–H groups in total. The number of ether oxygens (including phenoxy) is 2. The third-order valence-electron chi connectivity index (χ3n) is 6.34. The summed E-state index contributed by atoms with van der Waals surface area (Å²) in [5.41, 5.74) is 0. The lowest BCUT2D eigenvalue weighted by Crippen LogP contribution is -2.25. The average molecular weight is 485 g/mol. The molecular formula is C29H56O5. The maximum Gasteiger partial charge on any atom is 0.305 e. The number of rotatable bonds is 26. The van der Waals surface area contributed by atoms with Crippen molar-refractivity contribution in [2.24, 2.45) is 0 Å². The smallest absolute Gasteiger partial charge is 0.305 e. The molecule has 0 aromatic rings. The average Bonchev–Trinajstić information content (AvgIpc) is 2.83. The zero-order chi connectivity index (χ0) is 25.1. The lowest BCUT2D eigenvalue weighted by atomic mass is 10.0. The van der Waals surface area contributed by atoms with Crippen LogP contribution in [0.3, 0.4) is 0 Å². The van der Waals surface area contributed by atoms with E-state index in [4.69, 9.17) is 9.47 Å². The monoisotopic (exact) mass is 484 g/mol. The molecule has 0 aromatic heterocycles. The van der Waals surface area contributed by atoms with Gasteiger partial charge in [-0.15, -0.1) is 0 Å². The van der Waals surface area contributed by atoms with E-state index in [9.17, 15) is 14.7 Å². The predicted octanol–water partition coefficient (Wildman–Crippen LogP) is 8.06. The van der Waals surface area contributed by atoms with Crippen LogP contribution < -0.4 is 0 Å². The summed E-state index contributed by atoms with van der Waals surface area (Å²) in [5, 5.41) is 9.87. The molecule has 0 heterocycles. The molecule has 0 aromatic carbocycles. The van der Waals surface area contributed by atoms with E-state index < -0.39 is 6.10 Å². The Balaban J connectivity index is 3.41. The van der Waals surface area contributed by atoms with Gasteiger partial charge in [-0.2, -0.15) is 0 Å². The van der Waals surface area contributed by atoms with Crippen LogP contribution in [0.5, 0.6) is 0 Å². The van der Waals surface area contributed by atoms with Gasteiger partial charge in [-0.1, -0.05) is 129 Å². The lowest BCUT2D eigenvalue weighted by Gasteiger charge is -2.12. The quantitative estimate of drug-likeness (QED) is 0.0992. The summed E-state index contributed by atoms with van der Waals surface area (Å²) in [6.07, 6.45) is 24.4. The molecule has 0 aliphatic heterocycles. The van der Waals surface area contributed by atoms with Crippen LogP contribution in [0.25, 0.3) is 0 Å². The minimum atomic E-state index is -0.950. The van der Waals surface area contributed by atoms with Crippen molar-refractivity contribution < 1.29 is 24.2 Å². The minimum Gasteiger partial charge on any atom is -0.463 e. The molecule has 0 radical (unpaired) electrons. The van der Waals surface area contributed by atoms with Gasteiger partial charge in [0, 0.05) is 12.8 Å². The first-order chi connectivity index (χ1) is 16.6. The summed E-state index contributed by atoms with van der Waals surface area (Å²) >= 11 is 0. The molecule has 0 aliphatic carbocycles. The molecule has 0 unspecified atom stereocenters. The number of hydrogen-bond acceptors (Lipinski definition) is 5. The van der Waals surface area contributed by atoms with Crippen LogP contribution in [-0.2, 0) is 19.1 Å². The van der Waals surface area contributed by atoms with Gasteiger partial charge in [0.2, 0.25) is 0 Å². The summed E-state index contributed by atoms with van der Waals surface area (Å²) in [6.45, 7) is 4.24. The van der Waals surface area contributed by atoms with Crippen LogP contribution in [-0.4, -0.2) is 36.4 Å². The van der Waals surface area contributed by atoms with Gasteiger partial charge in [0.25, 0.3) is 0 Å². The van der Waals surface area contributed by atoms with Gasteiger partial charge in [-0.3, -0.25) is 9.59 Å². The fraction of sp³-hybridized carbons (Fsp3) is 0.931. The number of carbonyl (C=O) groups excluding carboxylic acids is 2. The van der Waals surface area contributed by atoms with Gasteiger partial charge in [0.05, 0.1) is 0 Å². The van der Waals surface area contributed by atoms with Crippen LogP contribution in [0.1, 0.15) is 155 Å². The standard InChI is InChI=1S/C29H56O5/c1-3-5-7-9-11-12-13-14-15-16-18-20-22-24-29(32)34-26-27(30)25-33-28(31)23-21-19-17-10-8-6-4-2/h27,30H,3-26H2,1-2H3/t27-/m0/s1. The van der Waals surface area contributed by atoms with Crippen LogP contribution >= 0.6 is 0 Å². The maximum absolute atomic E-state index is 11.8. The number of aliphatic hydroxyl groups excluding tert-OH is 1. The van der Waals surface area contributed by atoms with Crippen LogP contribution in [0.15, 0.2) is 0 Å². The third kappa shape index (κ3) is 25.5. The number of esters is 2. The second kappa shape index (κ2) is 26.5. The molecule has 0 bridgehead atoms. The van der Waals surface area contributed by atoms with Crippen molar-refractivity contribution in [3.63, 3.8) is 0 Å². The van der Waals surface area contributed by atoms with Crippen LogP contribution in [0.4, 0.5) is 0 Å². The van der Waals surface area contributed by atoms with Gasteiger partial charge >= 0.3 is 11.9 Å². The summed E-state index contributed by atoms with van der Waals surface area (Å²) < 4.78 is 10.2. The Hall–Kier alpha value is -1.10. The Morgan fingerprint density at radius 1 is 0.500 bits per heavy atom. The van der Waals surface area contributed by atoms with Gasteiger partial charge in [0.15, 0.2) is 0 Å². The van der Waals surface area contributed by atoms with Gasteiger partial charge < -0.3 is 14.6 Å². The van der Waals surface area contributed by atoms with Crippen LogP contribution in [0.2, 0.25) is 0 Å². The SMILES string of the molecule is CCCCCCCCCCCCCCCC(=O)OC[C@@H](O)COC(=O)CCCCCCCCC. The highest BCUT2D eigenvalue weighted by Crippen LogP contribution is 2.13. The molecule has 0 saturated carbocycles.